The van der Waals surface area contributed by atoms with Crippen molar-refractivity contribution in [1.82, 2.24) is 5.43 Å². The second-order valence-electron chi connectivity index (χ2n) is 5.56. The van der Waals surface area contributed by atoms with Crippen molar-refractivity contribution < 1.29 is 9.59 Å². The largest absolute Gasteiger partial charge is 0.326 e. The lowest BCUT2D eigenvalue weighted by Crippen LogP contribution is -2.18. The Balaban J connectivity index is 1.69. The van der Waals surface area contributed by atoms with Gasteiger partial charge in [0.05, 0.1) is 6.21 Å². The second kappa shape index (κ2) is 9.34. The third-order valence-corrected chi connectivity index (χ3v) is 4.84. The Labute approximate surface area is 156 Å². The first-order valence-corrected chi connectivity index (χ1v) is 9.08. The Morgan fingerprint density at radius 1 is 1.16 bits per heavy atom. The molecule has 7 heteroatoms. The maximum atomic E-state index is 11.9. The quantitative estimate of drug-likeness (QED) is 0.558. The fourth-order valence-corrected chi connectivity index (χ4v) is 3.04. The Bertz CT molecular complexity index is 786. The first kappa shape index (κ1) is 19.1. The van der Waals surface area contributed by atoms with Crippen LogP contribution in [0.15, 0.2) is 35.4 Å². The van der Waals surface area contributed by atoms with Crippen molar-refractivity contribution in [2.75, 3.05) is 5.32 Å². The molecule has 0 fully saturated rings. The molecule has 132 valence electrons. The lowest BCUT2D eigenvalue weighted by Gasteiger charge is -2.09. The van der Waals surface area contributed by atoms with Crippen LogP contribution in [0.5, 0.6) is 0 Å². The molecule has 0 atom stereocenters. The number of carbonyl (C=O) groups is 2. The average molecular weight is 378 g/mol. The van der Waals surface area contributed by atoms with Crippen molar-refractivity contribution in [2.24, 2.45) is 5.10 Å². The molecule has 1 aromatic carbocycles. The van der Waals surface area contributed by atoms with Crippen LogP contribution in [0.4, 0.5) is 5.69 Å². The molecule has 0 saturated heterocycles. The summed E-state index contributed by atoms with van der Waals surface area (Å²) in [6.45, 7) is 3.86. The summed E-state index contributed by atoms with van der Waals surface area (Å²) in [7, 11) is 0. The summed E-state index contributed by atoms with van der Waals surface area (Å²) in [5.41, 5.74) is 3.99. The summed E-state index contributed by atoms with van der Waals surface area (Å²) in [5, 5.41) is 7.33. The van der Waals surface area contributed by atoms with E-state index < -0.39 is 0 Å². The standard InChI is InChI=1S/C18H20ClN3O2S/c1-12-9-10-14(25-12)11-20-22-18(24)8-4-7-17(23)21-16-6-3-5-15(19)13(16)2/h3,5-6,9-11H,4,7-8H2,1-2H3,(H,21,23)(H,22,24)/b20-11-. The molecule has 0 spiro atoms. The monoisotopic (exact) mass is 377 g/mol. The van der Waals surface area contributed by atoms with Crippen LogP contribution in [0.1, 0.15) is 34.6 Å². The lowest BCUT2D eigenvalue weighted by molar-refractivity contribution is -0.121. The number of hydrogen-bond donors (Lipinski definition) is 2. The van der Waals surface area contributed by atoms with Crippen molar-refractivity contribution in [2.45, 2.75) is 33.1 Å². The predicted octanol–water partition coefficient (Wildman–Crippen LogP) is 4.28. The number of aryl methyl sites for hydroxylation is 1. The van der Waals surface area contributed by atoms with Gasteiger partial charge in [0, 0.05) is 33.3 Å². The van der Waals surface area contributed by atoms with Crippen molar-refractivity contribution in [3.05, 3.63) is 50.7 Å². The highest BCUT2D eigenvalue weighted by Crippen LogP contribution is 2.23. The Morgan fingerprint density at radius 3 is 2.64 bits per heavy atom. The minimum atomic E-state index is -0.212. The molecule has 25 heavy (non-hydrogen) atoms. The number of anilines is 1. The van der Waals surface area contributed by atoms with Gasteiger partial charge < -0.3 is 5.32 Å². The van der Waals surface area contributed by atoms with E-state index in [1.54, 1.807) is 35.8 Å². The number of carbonyl (C=O) groups excluding carboxylic acids is 2. The van der Waals surface area contributed by atoms with Gasteiger partial charge in [0.2, 0.25) is 11.8 Å². The van der Waals surface area contributed by atoms with E-state index in [9.17, 15) is 9.59 Å². The van der Waals surface area contributed by atoms with E-state index in [4.69, 9.17) is 11.6 Å². The van der Waals surface area contributed by atoms with E-state index in [1.165, 1.54) is 4.88 Å². The Hall–Kier alpha value is -2.18. The molecule has 0 radical (unpaired) electrons. The van der Waals surface area contributed by atoms with Gasteiger partial charge in [0.15, 0.2) is 0 Å². The number of hydrogen-bond acceptors (Lipinski definition) is 4. The first-order valence-electron chi connectivity index (χ1n) is 7.89. The molecule has 1 aromatic heterocycles. The third kappa shape index (κ3) is 6.32. The van der Waals surface area contributed by atoms with Gasteiger partial charge in [-0.05, 0) is 50.1 Å². The van der Waals surface area contributed by atoms with Gasteiger partial charge >= 0.3 is 0 Å². The first-order chi connectivity index (χ1) is 12.0. The molecule has 5 nitrogen and oxygen atoms in total. The maximum absolute atomic E-state index is 11.9. The van der Waals surface area contributed by atoms with Crippen molar-refractivity contribution in [3.63, 3.8) is 0 Å². The summed E-state index contributed by atoms with van der Waals surface area (Å²) in [4.78, 5) is 25.8. The molecule has 0 saturated carbocycles. The van der Waals surface area contributed by atoms with Gasteiger partial charge in [-0.1, -0.05) is 17.7 Å². The van der Waals surface area contributed by atoms with Crippen LogP contribution in [0, 0.1) is 13.8 Å². The summed E-state index contributed by atoms with van der Waals surface area (Å²) >= 11 is 7.62. The fourth-order valence-electron chi connectivity index (χ4n) is 2.11. The van der Waals surface area contributed by atoms with Gasteiger partial charge in [-0.25, -0.2) is 5.43 Å². The number of nitrogens with zero attached hydrogens (tertiary/aromatic N) is 1. The highest BCUT2D eigenvalue weighted by Gasteiger charge is 2.08. The number of benzene rings is 1. The van der Waals surface area contributed by atoms with Crippen molar-refractivity contribution in [1.29, 1.82) is 0 Å². The molecule has 0 aliphatic heterocycles. The van der Waals surface area contributed by atoms with Crippen LogP contribution in [-0.4, -0.2) is 18.0 Å². The van der Waals surface area contributed by atoms with Gasteiger partial charge in [-0.2, -0.15) is 5.10 Å². The summed E-state index contributed by atoms with van der Waals surface area (Å²) in [5.74, 6) is -0.355. The molecule has 2 rings (SSSR count). The number of halogens is 1. The van der Waals surface area contributed by atoms with Gasteiger partial charge in [0.1, 0.15) is 0 Å². The molecule has 0 aliphatic carbocycles. The highest BCUT2D eigenvalue weighted by atomic mass is 35.5. The molecule has 2 aromatic rings. The molecule has 0 aliphatic rings. The molecule has 2 amide bonds. The Morgan fingerprint density at radius 2 is 1.92 bits per heavy atom. The van der Waals surface area contributed by atoms with E-state index in [0.29, 0.717) is 17.1 Å². The molecular weight excluding hydrogens is 358 g/mol. The maximum Gasteiger partial charge on any atom is 0.240 e. The van der Waals surface area contributed by atoms with Gasteiger partial charge in [-0.3, -0.25) is 9.59 Å². The molecule has 0 bridgehead atoms. The Kier molecular flexibility index (Phi) is 7.16. The summed E-state index contributed by atoms with van der Waals surface area (Å²) in [6, 6.07) is 9.29. The molecule has 0 unspecified atom stereocenters. The highest BCUT2D eigenvalue weighted by molar-refractivity contribution is 7.13. The van der Waals surface area contributed by atoms with Crippen molar-refractivity contribution >= 4 is 46.7 Å². The van der Waals surface area contributed by atoms with Crippen LogP contribution in [-0.2, 0) is 9.59 Å². The van der Waals surface area contributed by atoms with E-state index >= 15 is 0 Å². The van der Waals surface area contributed by atoms with Crippen LogP contribution < -0.4 is 10.7 Å². The summed E-state index contributed by atoms with van der Waals surface area (Å²) < 4.78 is 0. The topological polar surface area (TPSA) is 70.6 Å². The van der Waals surface area contributed by atoms with E-state index in [0.717, 1.165) is 10.4 Å². The van der Waals surface area contributed by atoms with E-state index in [-0.39, 0.29) is 24.7 Å². The summed E-state index contributed by atoms with van der Waals surface area (Å²) in [6.07, 6.45) is 2.56. The van der Waals surface area contributed by atoms with E-state index in [1.807, 2.05) is 26.0 Å². The zero-order chi connectivity index (χ0) is 18.2. The zero-order valence-corrected chi connectivity index (χ0v) is 15.7. The zero-order valence-electron chi connectivity index (χ0n) is 14.1. The molecule has 2 N–H and O–H groups in total. The molecule has 1 heterocycles. The SMILES string of the molecule is Cc1ccc(/C=N\NC(=O)CCCC(=O)Nc2cccc(Cl)c2C)s1. The number of thiophene rings is 1. The number of hydrazone groups is 1. The normalized spacial score (nSPS) is 10.8. The minimum Gasteiger partial charge on any atom is -0.326 e. The number of amides is 2. The van der Waals surface area contributed by atoms with Gasteiger partial charge in [0.25, 0.3) is 0 Å². The predicted molar refractivity (Wildman–Crippen MR) is 103 cm³/mol. The fraction of sp³-hybridized carbons (Fsp3) is 0.278. The number of rotatable bonds is 7. The van der Waals surface area contributed by atoms with Crippen LogP contribution in [0.3, 0.4) is 0 Å². The van der Waals surface area contributed by atoms with Crippen molar-refractivity contribution in [3.8, 4) is 0 Å². The minimum absolute atomic E-state index is 0.143. The molecular formula is C18H20ClN3O2S. The van der Waals surface area contributed by atoms with Crippen LogP contribution in [0.25, 0.3) is 0 Å². The smallest absolute Gasteiger partial charge is 0.240 e. The average Bonchev–Trinajstić information content (AvgIpc) is 2.97. The third-order valence-electron chi connectivity index (χ3n) is 3.49. The van der Waals surface area contributed by atoms with Crippen LogP contribution >= 0.6 is 22.9 Å². The van der Waals surface area contributed by atoms with Crippen LogP contribution in [0.2, 0.25) is 5.02 Å². The van der Waals surface area contributed by atoms with Gasteiger partial charge in [-0.15, -0.1) is 11.3 Å². The lowest BCUT2D eigenvalue weighted by atomic mass is 10.2. The number of nitrogens with one attached hydrogen (secondary N) is 2. The second-order valence-corrected chi connectivity index (χ2v) is 7.28. The van der Waals surface area contributed by atoms with E-state index in [2.05, 4.69) is 15.8 Å².